The molecule has 0 aliphatic rings. The Hall–Kier alpha value is -2.23. The van der Waals surface area contributed by atoms with E-state index in [1.807, 2.05) is 0 Å². The van der Waals surface area contributed by atoms with Crippen LogP contribution >= 0.6 is 0 Å². The van der Waals surface area contributed by atoms with Crippen LogP contribution in [0.5, 0.6) is 0 Å². The largest absolute Gasteiger partial charge is 0.543 e. The molecule has 0 N–H and O–H groups in total. The molecule has 0 heterocycles. The standard InChI is InChI=1S/C13H8F17NO4S/c1-3-31(4(2)5(32)33)36(34,35)13(29,30)11(24,25)9(20,21)7(16,17)6(14,15)8(18,19)10(22,23)12(26,27)28/h2-3H2,1H3,(H,32,33)/p-1. The summed E-state index contributed by atoms with van der Waals surface area (Å²) in [7, 11) is -7.77. The molecular weight excluding hydrogens is 589 g/mol. The molecule has 23 heteroatoms. The van der Waals surface area contributed by atoms with E-state index in [9.17, 15) is 93.0 Å². The van der Waals surface area contributed by atoms with E-state index in [-0.39, 0.29) is 0 Å². The van der Waals surface area contributed by atoms with Gasteiger partial charge < -0.3 is 9.90 Å². The second-order valence-electron chi connectivity index (χ2n) is 6.36. The lowest BCUT2D eigenvalue weighted by Gasteiger charge is -2.43. The zero-order chi connectivity index (χ0) is 29.9. The first-order valence-corrected chi connectivity index (χ1v) is 9.38. The summed E-state index contributed by atoms with van der Waals surface area (Å²) < 4.78 is 246. The molecule has 0 aliphatic heterocycles. The van der Waals surface area contributed by atoms with Crippen LogP contribution in [0.2, 0.25) is 0 Å². The number of carboxylic acid groups (broad SMARTS) is 1. The van der Waals surface area contributed by atoms with Crippen molar-refractivity contribution >= 4 is 16.0 Å². The summed E-state index contributed by atoms with van der Waals surface area (Å²) in [6.07, 6.45) is -7.94. The second kappa shape index (κ2) is 8.67. The number of hydrogen-bond acceptors (Lipinski definition) is 4. The molecule has 0 rings (SSSR count). The molecule has 5 nitrogen and oxygen atoms in total. The van der Waals surface area contributed by atoms with E-state index in [1.54, 1.807) is 0 Å². The minimum atomic E-state index is -8.98. The van der Waals surface area contributed by atoms with Crippen molar-refractivity contribution in [3.63, 3.8) is 0 Å². The molecule has 0 bridgehead atoms. The van der Waals surface area contributed by atoms with E-state index in [0.717, 1.165) is 0 Å². The first kappa shape index (κ1) is 33.8. The van der Waals surface area contributed by atoms with Gasteiger partial charge in [-0.05, 0) is 6.92 Å². The molecule has 0 aromatic heterocycles. The van der Waals surface area contributed by atoms with Crippen LogP contribution in [0.4, 0.5) is 74.6 Å². The summed E-state index contributed by atoms with van der Waals surface area (Å²) >= 11 is 0. The van der Waals surface area contributed by atoms with Gasteiger partial charge in [0, 0.05) is 6.54 Å². The van der Waals surface area contributed by atoms with Gasteiger partial charge in [-0.15, -0.1) is 0 Å². The highest BCUT2D eigenvalue weighted by atomic mass is 32.2. The van der Waals surface area contributed by atoms with Crippen LogP contribution in [0.15, 0.2) is 12.3 Å². The van der Waals surface area contributed by atoms with E-state index in [2.05, 4.69) is 6.58 Å². The number of likely N-dealkylation sites (N-methyl/N-ethyl adjacent to an activating group) is 1. The van der Waals surface area contributed by atoms with Gasteiger partial charge in [-0.1, -0.05) is 6.58 Å². The third kappa shape index (κ3) is 4.09. The minimum absolute atomic E-state index is 0.292. The fourth-order valence-electron chi connectivity index (χ4n) is 2.06. The first-order valence-electron chi connectivity index (χ1n) is 7.94. The Bertz CT molecular complexity index is 985. The SMILES string of the molecule is C=C(C(=O)[O-])N(CC)S(=O)(=O)C(F)(F)C(F)(F)C(F)(F)C(F)(F)C(F)(F)C(F)(F)C(F)(F)C(F)(F)F. The van der Waals surface area contributed by atoms with Crippen molar-refractivity contribution in [1.82, 2.24) is 4.31 Å². The van der Waals surface area contributed by atoms with Crippen molar-refractivity contribution in [3.8, 4) is 0 Å². The van der Waals surface area contributed by atoms with Gasteiger partial charge in [0.1, 0.15) is 0 Å². The van der Waals surface area contributed by atoms with E-state index in [4.69, 9.17) is 0 Å². The Morgan fingerprint density at radius 2 is 0.944 bits per heavy atom. The summed E-state index contributed by atoms with van der Waals surface area (Å²) in [5.74, 6) is -55.4. The van der Waals surface area contributed by atoms with Gasteiger partial charge in [0.25, 0.3) is 0 Å². The van der Waals surface area contributed by atoms with Gasteiger partial charge in [0.15, 0.2) is 0 Å². The molecule has 0 aromatic carbocycles. The van der Waals surface area contributed by atoms with Crippen LogP contribution in [-0.4, -0.2) is 72.2 Å². The number of sulfonamides is 1. The lowest BCUT2D eigenvalue weighted by molar-refractivity contribution is -0.458. The molecule has 0 aromatic rings. The van der Waals surface area contributed by atoms with E-state index in [1.165, 1.54) is 0 Å². The number of nitrogens with zero attached hydrogens (tertiary/aromatic N) is 1. The van der Waals surface area contributed by atoms with Crippen LogP contribution < -0.4 is 5.11 Å². The Morgan fingerprint density at radius 1 is 0.667 bits per heavy atom. The number of carbonyl (C=O) groups excluding carboxylic acids is 1. The molecule has 0 spiro atoms. The number of halogens is 17. The zero-order valence-electron chi connectivity index (χ0n) is 16.3. The lowest BCUT2D eigenvalue weighted by atomic mass is 9.91. The molecule has 214 valence electrons. The van der Waals surface area contributed by atoms with Crippen LogP contribution in [0.1, 0.15) is 6.92 Å². The number of hydrogen-bond donors (Lipinski definition) is 0. The minimum Gasteiger partial charge on any atom is -0.543 e. The number of alkyl halides is 17. The fraction of sp³-hybridized carbons (Fsp3) is 0.769. The Morgan fingerprint density at radius 3 is 1.19 bits per heavy atom. The van der Waals surface area contributed by atoms with Crippen molar-refractivity contribution in [1.29, 1.82) is 0 Å². The maximum absolute atomic E-state index is 14.0. The predicted octanol–water partition coefficient (Wildman–Crippen LogP) is 3.87. The molecule has 0 atom stereocenters. The molecular formula is C13H7F17NO4S-. The highest BCUT2D eigenvalue weighted by Gasteiger charge is 2.96. The molecule has 0 amide bonds. The number of rotatable bonds is 11. The number of aliphatic carboxylic acids is 1. The average Bonchev–Trinajstić information content (AvgIpc) is 2.65. The highest BCUT2D eigenvalue weighted by Crippen LogP contribution is 2.64. The van der Waals surface area contributed by atoms with Crippen LogP contribution in [0, 0.1) is 0 Å². The van der Waals surface area contributed by atoms with E-state index < -0.39 is 79.5 Å². The van der Waals surface area contributed by atoms with Crippen molar-refractivity contribution in [2.75, 3.05) is 6.54 Å². The second-order valence-corrected chi connectivity index (χ2v) is 8.27. The summed E-state index contributed by atoms with van der Waals surface area (Å²) in [5, 5.41) is 2.66. The molecule has 0 unspecified atom stereocenters. The maximum Gasteiger partial charge on any atom is 0.460 e. The predicted molar refractivity (Wildman–Crippen MR) is 76.1 cm³/mol. The normalized spacial score (nSPS) is 15.6. The fourth-order valence-corrected chi connectivity index (χ4v) is 3.49. The monoisotopic (exact) mass is 596 g/mol. The smallest absolute Gasteiger partial charge is 0.460 e. The molecule has 0 aliphatic carbocycles. The van der Waals surface area contributed by atoms with Gasteiger partial charge in [-0.2, -0.15) is 83.1 Å². The highest BCUT2D eigenvalue weighted by molar-refractivity contribution is 7.90. The Balaban J connectivity index is 7.17. The van der Waals surface area contributed by atoms with Gasteiger partial charge in [-0.3, -0.25) is 4.31 Å². The van der Waals surface area contributed by atoms with E-state index >= 15 is 0 Å². The summed E-state index contributed by atoms with van der Waals surface area (Å²) in [6.45, 7) is 0.705. The van der Waals surface area contributed by atoms with Crippen molar-refractivity contribution < 1.29 is 93.0 Å². The van der Waals surface area contributed by atoms with Gasteiger partial charge in [0.2, 0.25) is 0 Å². The zero-order valence-corrected chi connectivity index (χ0v) is 17.1. The first-order chi connectivity index (χ1) is 15.3. The molecule has 36 heavy (non-hydrogen) atoms. The summed E-state index contributed by atoms with van der Waals surface area (Å²) in [6, 6.07) is 0. The molecule has 0 saturated carbocycles. The third-order valence-electron chi connectivity index (χ3n) is 4.13. The maximum atomic E-state index is 14.0. The Labute approximate surface area is 187 Å². The number of carboxylic acids is 1. The average molecular weight is 596 g/mol. The topological polar surface area (TPSA) is 77.5 Å². The van der Waals surface area contributed by atoms with Gasteiger partial charge in [0.05, 0.1) is 11.7 Å². The third-order valence-corrected chi connectivity index (χ3v) is 6.09. The summed E-state index contributed by atoms with van der Waals surface area (Å²) in [5.41, 5.74) is -2.27. The van der Waals surface area contributed by atoms with Crippen LogP contribution in [0.25, 0.3) is 0 Å². The Kier molecular flexibility index (Phi) is 8.13. The van der Waals surface area contributed by atoms with Crippen molar-refractivity contribution in [2.24, 2.45) is 0 Å². The van der Waals surface area contributed by atoms with Gasteiger partial charge >= 0.3 is 57.0 Å². The van der Waals surface area contributed by atoms with E-state index in [0.29, 0.717) is 6.92 Å². The van der Waals surface area contributed by atoms with Gasteiger partial charge in [-0.25, -0.2) is 0 Å². The van der Waals surface area contributed by atoms with Crippen LogP contribution in [-0.2, 0) is 14.8 Å². The van der Waals surface area contributed by atoms with Crippen LogP contribution in [0.3, 0.4) is 0 Å². The number of carbonyl (C=O) groups is 1. The molecule has 0 radical (unpaired) electrons. The quantitative estimate of drug-likeness (QED) is 0.268. The van der Waals surface area contributed by atoms with Crippen molar-refractivity contribution in [2.45, 2.75) is 53.9 Å². The summed E-state index contributed by atoms with van der Waals surface area (Å²) in [4.78, 5) is 10.5. The van der Waals surface area contributed by atoms with Crippen molar-refractivity contribution in [3.05, 3.63) is 12.3 Å². The molecule has 0 saturated heterocycles. The molecule has 0 fully saturated rings. The lowest BCUT2D eigenvalue weighted by Crippen LogP contribution is -2.75.